The normalized spacial score (nSPS) is 19.9. The molecule has 1 aliphatic carbocycles. The largest absolute Gasteiger partial charge is 0.329 e. The Morgan fingerprint density at radius 2 is 1.59 bits per heavy atom. The van der Waals surface area contributed by atoms with Crippen LogP contribution in [0.15, 0.2) is 29.2 Å². The molecule has 0 saturated heterocycles. The maximum atomic E-state index is 13.1. The molecule has 1 atom stereocenters. The van der Waals surface area contributed by atoms with E-state index >= 15 is 0 Å². The van der Waals surface area contributed by atoms with Gasteiger partial charge in [-0.05, 0) is 17.2 Å². The molecule has 0 amide bonds. The Hall–Kier alpha value is -1.28. The minimum Gasteiger partial charge on any atom is -0.194 e. The Morgan fingerprint density at radius 1 is 1.00 bits per heavy atom. The number of fused-ring (bicyclic) bond motifs is 1. The minimum absolute atomic E-state index is 0.0776. The molecule has 0 spiro atoms. The molecule has 0 aliphatic heterocycles. The van der Waals surface area contributed by atoms with E-state index in [0.717, 1.165) is 6.08 Å². The lowest BCUT2D eigenvalue weighted by Crippen LogP contribution is -2.12. The van der Waals surface area contributed by atoms with Crippen molar-refractivity contribution in [2.75, 3.05) is 0 Å². The summed E-state index contributed by atoms with van der Waals surface area (Å²) in [4.78, 5) is -1.08. The van der Waals surface area contributed by atoms with E-state index in [4.69, 9.17) is 0 Å². The lowest BCUT2D eigenvalue weighted by Gasteiger charge is -2.08. The predicted octanol–water partition coefficient (Wildman–Crippen LogP) is 1.68. The number of halogens is 2. The molecule has 92 valence electrons. The highest BCUT2D eigenvalue weighted by Crippen LogP contribution is 2.43. The quantitative estimate of drug-likeness (QED) is 0.773. The fraction of sp³-hybridized carbons (Fsp3) is 0.111. The lowest BCUT2D eigenvalue weighted by atomic mass is 10.1. The fourth-order valence-electron chi connectivity index (χ4n) is 1.75. The Morgan fingerprint density at radius 3 is 2.12 bits per heavy atom. The Balaban J connectivity index is 2.74. The third-order valence-electron chi connectivity index (χ3n) is 2.40. The molecule has 4 nitrogen and oxygen atoms in total. The van der Waals surface area contributed by atoms with E-state index in [0.29, 0.717) is 0 Å². The van der Waals surface area contributed by atoms with Crippen molar-refractivity contribution < 1.29 is 24.6 Å². The van der Waals surface area contributed by atoms with E-state index < -0.39 is 30.6 Å². The second-order valence-corrected chi connectivity index (χ2v) is 6.24. The monoisotopic (exact) mass is 280 g/mol. The molecule has 0 fully saturated rings. The molecule has 0 heterocycles. The highest BCUT2D eigenvalue weighted by molar-refractivity contribution is 7.93. The van der Waals surface area contributed by atoms with Crippen molar-refractivity contribution in [3.63, 3.8) is 0 Å². The topological polar surface area (TPSA) is 68.3 Å². The summed E-state index contributed by atoms with van der Waals surface area (Å²) >= 11 is 0. The highest BCUT2D eigenvalue weighted by Gasteiger charge is 2.42. The van der Waals surface area contributed by atoms with Gasteiger partial charge in [0.1, 0.15) is 4.91 Å². The molecular formula is C9H6F2O4S2. The molecule has 0 saturated carbocycles. The van der Waals surface area contributed by atoms with Crippen molar-refractivity contribution in [2.45, 2.75) is 5.25 Å². The molecule has 1 aliphatic rings. The number of hydrogen-bond acceptors (Lipinski definition) is 4. The smallest absolute Gasteiger partial charge is 0.194 e. The van der Waals surface area contributed by atoms with Gasteiger partial charge in [-0.25, -0.2) is 0 Å². The maximum Gasteiger partial charge on any atom is 0.329 e. The van der Waals surface area contributed by atoms with Crippen LogP contribution in [0.4, 0.5) is 7.77 Å². The summed E-state index contributed by atoms with van der Waals surface area (Å²) < 4.78 is 69.4. The van der Waals surface area contributed by atoms with Gasteiger partial charge in [-0.15, -0.1) is 7.77 Å². The Bertz CT molecular complexity index is 704. The van der Waals surface area contributed by atoms with Gasteiger partial charge in [-0.3, -0.25) is 0 Å². The van der Waals surface area contributed by atoms with Gasteiger partial charge in [0.15, 0.2) is 5.25 Å². The van der Waals surface area contributed by atoms with Crippen LogP contribution in [0.25, 0.3) is 6.08 Å². The van der Waals surface area contributed by atoms with Crippen LogP contribution < -0.4 is 0 Å². The molecule has 0 aromatic heterocycles. The van der Waals surface area contributed by atoms with Gasteiger partial charge in [-0.2, -0.15) is 16.8 Å². The van der Waals surface area contributed by atoms with E-state index in [1.165, 1.54) is 24.3 Å². The second-order valence-electron chi connectivity index (χ2n) is 3.47. The average Bonchev–Trinajstić information content (AvgIpc) is 2.54. The number of benzene rings is 1. The predicted molar refractivity (Wildman–Crippen MR) is 57.2 cm³/mol. The molecule has 0 radical (unpaired) electrons. The van der Waals surface area contributed by atoms with E-state index in [9.17, 15) is 24.6 Å². The standard InChI is InChI=1S/C9H6F2O4S2/c10-16(12,13)8-5-6-3-1-2-4-7(6)9(8)17(11,14)15/h1-5,9H. The summed E-state index contributed by atoms with van der Waals surface area (Å²) in [5.41, 5.74) is 0.0983. The summed E-state index contributed by atoms with van der Waals surface area (Å²) in [6.45, 7) is 0. The van der Waals surface area contributed by atoms with E-state index in [1.807, 2.05) is 0 Å². The van der Waals surface area contributed by atoms with E-state index in [-0.39, 0.29) is 11.1 Å². The van der Waals surface area contributed by atoms with Crippen LogP contribution in [0.3, 0.4) is 0 Å². The Kier molecular flexibility index (Phi) is 2.58. The molecular weight excluding hydrogens is 274 g/mol. The van der Waals surface area contributed by atoms with Crippen molar-refractivity contribution in [3.05, 3.63) is 40.3 Å². The molecule has 8 heteroatoms. The minimum atomic E-state index is -5.26. The van der Waals surface area contributed by atoms with Gasteiger partial charge in [-0.1, -0.05) is 24.3 Å². The molecule has 2 rings (SSSR count). The first-order valence-corrected chi connectivity index (χ1v) is 7.23. The summed E-state index contributed by atoms with van der Waals surface area (Å²) in [7, 11) is -10.5. The van der Waals surface area contributed by atoms with E-state index in [1.54, 1.807) is 0 Å². The first kappa shape index (κ1) is 12.2. The van der Waals surface area contributed by atoms with Crippen LogP contribution in [0.5, 0.6) is 0 Å². The summed E-state index contributed by atoms with van der Waals surface area (Å²) in [5, 5.41) is -2.10. The van der Waals surface area contributed by atoms with Crippen LogP contribution >= 0.6 is 0 Å². The van der Waals surface area contributed by atoms with Gasteiger partial charge in [0.25, 0.3) is 0 Å². The van der Waals surface area contributed by atoms with Crippen LogP contribution in [0, 0.1) is 0 Å². The third-order valence-corrected chi connectivity index (χ3v) is 4.53. The van der Waals surface area contributed by atoms with Crippen LogP contribution in [-0.2, 0) is 20.4 Å². The van der Waals surface area contributed by atoms with Gasteiger partial charge in [0.2, 0.25) is 0 Å². The van der Waals surface area contributed by atoms with Gasteiger partial charge >= 0.3 is 20.4 Å². The summed E-state index contributed by atoms with van der Waals surface area (Å²) in [6, 6.07) is 5.54. The summed E-state index contributed by atoms with van der Waals surface area (Å²) in [6.07, 6.45) is 0.826. The van der Waals surface area contributed by atoms with Crippen molar-refractivity contribution >= 4 is 26.5 Å². The fourth-order valence-corrected chi connectivity index (χ4v) is 3.96. The first-order chi connectivity index (χ1) is 7.71. The highest BCUT2D eigenvalue weighted by atomic mass is 32.3. The third kappa shape index (κ3) is 2.09. The molecule has 1 unspecified atom stereocenters. The van der Waals surface area contributed by atoms with Crippen LogP contribution in [0.1, 0.15) is 16.4 Å². The average molecular weight is 280 g/mol. The maximum absolute atomic E-state index is 13.1. The molecule has 0 bridgehead atoms. The molecule has 0 N–H and O–H groups in total. The lowest BCUT2D eigenvalue weighted by molar-refractivity contribution is 0.537. The zero-order chi connectivity index (χ0) is 12.8. The van der Waals surface area contributed by atoms with Crippen LogP contribution in [-0.4, -0.2) is 16.8 Å². The molecule has 1 aromatic carbocycles. The van der Waals surface area contributed by atoms with Gasteiger partial charge in [0, 0.05) is 0 Å². The van der Waals surface area contributed by atoms with Crippen molar-refractivity contribution in [1.82, 2.24) is 0 Å². The van der Waals surface area contributed by atoms with Gasteiger partial charge in [0.05, 0.1) is 0 Å². The number of rotatable bonds is 2. The number of hydrogen-bond donors (Lipinski definition) is 0. The van der Waals surface area contributed by atoms with Crippen LogP contribution in [0.2, 0.25) is 0 Å². The SMILES string of the molecule is O=S(=O)(F)C1=Cc2ccccc2C1S(=O)(=O)F. The Labute approximate surface area is 97.0 Å². The van der Waals surface area contributed by atoms with Gasteiger partial charge < -0.3 is 0 Å². The molecule has 1 aromatic rings. The van der Waals surface area contributed by atoms with Crippen molar-refractivity contribution in [3.8, 4) is 0 Å². The van der Waals surface area contributed by atoms with E-state index in [2.05, 4.69) is 0 Å². The van der Waals surface area contributed by atoms with Crippen molar-refractivity contribution in [1.29, 1.82) is 0 Å². The molecule has 17 heavy (non-hydrogen) atoms. The summed E-state index contributed by atoms with van der Waals surface area (Å²) in [5.74, 6) is 0. The van der Waals surface area contributed by atoms with Crippen molar-refractivity contribution in [2.24, 2.45) is 0 Å². The first-order valence-electron chi connectivity index (χ1n) is 4.40. The zero-order valence-corrected chi connectivity index (χ0v) is 9.80. The second kappa shape index (κ2) is 3.61. The zero-order valence-electron chi connectivity index (χ0n) is 8.17.